The van der Waals surface area contributed by atoms with Crippen LogP contribution in [0.3, 0.4) is 0 Å². The van der Waals surface area contributed by atoms with Crippen molar-refractivity contribution in [1.82, 2.24) is 14.6 Å². The maximum Gasteiger partial charge on any atom is 0.154 e. The van der Waals surface area contributed by atoms with Crippen molar-refractivity contribution >= 4 is 5.65 Å². The van der Waals surface area contributed by atoms with E-state index in [0.29, 0.717) is 0 Å². The lowest BCUT2D eigenvalue weighted by molar-refractivity contribution is 0.252. The van der Waals surface area contributed by atoms with Crippen LogP contribution in [0.15, 0.2) is 24.7 Å². The lowest BCUT2D eigenvalue weighted by Gasteiger charge is -2.38. The summed E-state index contributed by atoms with van der Waals surface area (Å²) in [6.07, 6.45) is 8.93. The van der Waals surface area contributed by atoms with E-state index >= 15 is 0 Å². The Hall–Kier alpha value is -1.42. The van der Waals surface area contributed by atoms with Crippen molar-refractivity contribution in [2.75, 3.05) is 0 Å². The van der Waals surface area contributed by atoms with Crippen LogP contribution in [0.2, 0.25) is 0 Å². The van der Waals surface area contributed by atoms with Gasteiger partial charge in [-0.05, 0) is 19.3 Å². The van der Waals surface area contributed by atoms with Crippen molar-refractivity contribution in [3.8, 4) is 0 Å². The van der Waals surface area contributed by atoms with Gasteiger partial charge in [0.2, 0.25) is 0 Å². The topological polar surface area (TPSA) is 56.2 Å². The summed E-state index contributed by atoms with van der Waals surface area (Å²) in [4.78, 5) is 4.31. The van der Waals surface area contributed by atoms with Gasteiger partial charge in [-0.2, -0.15) is 5.10 Å². The Morgan fingerprint density at radius 3 is 3.00 bits per heavy atom. The Balaban J connectivity index is 2.13. The van der Waals surface area contributed by atoms with Gasteiger partial charge >= 0.3 is 0 Å². The number of aromatic nitrogens is 3. The normalized spacial score (nSPS) is 19.5. The molecule has 2 heterocycles. The van der Waals surface area contributed by atoms with Crippen molar-refractivity contribution in [2.24, 2.45) is 5.73 Å². The molecule has 3 rings (SSSR count). The third-order valence-corrected chi connectivity index (χ3v) is 3.07. The molecule has 72 valence electrons. The van der Waals surface area contributed by atoms with Crippen LogP contribution in [0.25, 0.3) is 5.65 Å². The second kappa shape index (κ2) is 2.54. The maximum absolute atomic E-state index is 6.20. The molecule has 0 bridgehead atoms. The Morgan fingerprint density at radius 1 is 1.43 bits per heavy atom. The Morgan fingerprint density at radius 2 is 2.29 bits per heavy atom. The van der Waals surface area contributed by atoms with E-state index in [1.54, 1.807) is 10.7 Å². The molecular formula is C10H12N4. The summed E-state index contributed by atoms with van der Waals surface area (Å²) < 4.78 is 1.78. The second-order valence-electron chi connectivity index (χ2n) is 3.99. The van der Waals surface area contributed by atoms with Gasteiger partial charge in [0.05, 0.1) is 6.20 Å². The molecule has 14 heavy (non-hydrogen) atoms. The molecule has 1 aliphatic rings. The van der Waals surface area contributed by atoms with Crippen LogP contribution >= 0.6 is 0 Å². The van der Waals surface area contributed by atoms with E-state index in [-0.39, 0.29) is 5.54 Å². The molecule has 0 spiro atoms. The molecule has 1 aliphatic carbocycles. The monoisotopic (exact) mass is 188 g/mol. The molecule has 0 unspecified atom stereocenters. The highest BCUT2D eigenvalue weighted by molar-refractivity contribution is 5.37. The molecule has 2 aromatic heterocycles. The van der Waals surface area contributed by atoms with E-state index in [4.69, 9.17) is 5.73 Å². The first-order chi connectivity index (χ1) is 6.78. The fourth-order valence-corrected chi connectivity index (χ4v) is 1.91. The zero-order valence-electron chi connectivity index (χ0n) is 7.85. The van der Waals surface area contributed by atoms with Gasteiger partial charge in [-0.3, -0.25) is 0 Å². The molecule has 0 amide bonds. The minimum atomic E-state index is -0.146. The van der Waals surface area contributed by atoms with E-state index in [2.05, 4.69) is 10.1 Å². The van der Waals surface area contributed by atoms with Crippen LogP contribution in [0, 0.1) is 0 Å². The summed E-state index contributed by atoms with van der Waals surface area (Å²) in [5.41, 5.74) is 8.03. The van der Waals surface area contributed by atoms with Crippen molar-refractivity contribution in [3.05, 3.63) is 30.2 Å². The highest BCUT2D eigenvalue weighted by atomic mass is 15.2. The summed E-state index contributed by atoms with van der Waals surface area (Å²) in [5.74, 6) is 0. The minimum absolute atomic E-state index is 0.146. The fraction of sp³-hybridized carbons (Fsp3) is 0.400. The van der Waals surface area contributed by atoms with Gasteiger partial charge in [0.1, 0.15) is 0 Å². The first-order valence-corrected chi connectivity index (χ1v) is 4.87. The van der Waals surface area contributed by atoms with Crippen LogP contribution < -0.4 is 5.73 Å². The quantitative estimate of drug-likeness (QED) is 0.728. The van der Waals surface area contributed by atoms with E-state index in [0.717, 1.165) is 24.1 Å². The molecule has 0 aliphatic heterocycles. The Labute approximate surface area is 81.8 Å². The summed E-state index contributed by atoms with van der Waals surface area (Å²) in [7, 11) is 0. The number of nitrogens with two attached hydrogens (primary N) is 1. The third-order valence-electron chi connectivity index (χ3n) is 3.07. The Bertz CT molecular complexity index is 470. The van der Waals surface area contributed by atoms with Gasteiger partial charge in [0.15, 0.2) is 5.65 Å². The van der Waals surface area contributed by atoms with E-state index in [1.807, 2.05) is 18.5 Å². The summed E-state index contributed by atoms with van der Waals surface area (Å²) >= 11 is 0. The lowest BCUT2D eigenvalue weighted by Crippen LogP contribution is -2.43. The lowest BCUT2D eigenvalue weighted by atomic mass is 9.74. The molecule has 0 saturated heterocycles. The number of hydrogen-bond acceptors (Lipinski definition) is 3. The summed E-state index contributed by atoms with van der Waals surface area (Å²) in [6, 6.07) is 1.88. The highest BCUT2D eigenvalue weighted by Gasteiger charge is 2.34. The van der Waals surface area contributed by atoms with Gasteiger partial charge in [-0.15, -0.1) is 0 Å². The van der Waals surface area contributed by atoms with Crippen LogP contribution in [0.4, 0.5) is 0 Å². The van der Waals surface area contributed by atoms with Gasteiger partial charge < -0.3 is 5.73 Å². The average molecular weight is 188 g/mol. The summed E-state index contributed by atoms with van der Waals surface area (Å²) in [6.45, 7) is 0. The maximum atomic E-state index is 6.20. The highest BCUT2D eigenvalue weighted by Crippen LogP contribution is 2.38. The van der Waals surface area contributed by atoms with E-state index < -0.39 is 0 Å². The molecule has 0 radical (unpaired) electrons. The predicted molar refractivity (Wildman–Crippen MR) is 52.7 cm³/mol. The molecule has 1 saturated carbocycles. The van der Waals surface area contributed by atoms with Gasteiger partial charge in [0.25, 0.3) is 0 Å². The first kappa shape index (κ1) is 7.94. The SMILES string of the molecule is NC1(c2cnc3ccnn3c2)CCC1. The number of rotatable bonds is 1. The van der Waals surface area contributed by atoms with Gasteiger partial charge in [-0.1, -0.05) is 0 Å². The van der Waals surface area contributed by atoms with Crippen molar-refractivity contribution in [2.45, 2.75) is 24.8 Å². The second-order valence-corrected chi connectivity index (χ2v) is 3.99. The van der Waals surface area contributed by atoms with Gasteiger partial charge in [-0.25, -0.2) is 9.50 Å². The molecule has 0 aromatic carbocycles. The van der Waals surface area contributed by atoms with Crippen LogP contribution in [0.5, 0.6) is 0 Å². The van der Waals surface area contributed by atoms with E-state index in [9.17, 15) is 0 Å². The standard InChI is InChI=1S/C10H12N4/c11-10(3-1-4-10)8-6-12-9-2-5-13-14(9)7-8/h2,5-7H,1,3-4,11H2. The zero-order chi connectivity index (χ0) is 9.60. The Kier molecular flexibility index (Phi) is 1.44. The molecule has 4 nitrogen and oxygen atoms in total. The number of fused-ring (bicyclic) bond motifs is 1. The van der Waals surface area contributed by atoms with Crippen molar-refractivity contribution in [3.63, 3.8) is 0 Å². The molecule has 2 aromatic rings. The third kappa shape index (κ3) is 0.974. The van der Waals surface area contributed by atoms with Crippen LogP contribution in [-0.4, -0.2) is 14.6 Å². The van der Waals surface area contributed by atoms with Gasteiger partial charge in [0, 0.05) is 29.6 Å². The van der Waals surface area contributed by atoms with Crippen molar-refractivity contribution in [1.29, 1.82) is 0 Å². The predicted octanol–water partition coefficient (Wildman–Crippen LogP) is 1.07. The first-order valence-electron chi connectivity index (χ1n) is 4.87. The largest absolute Gasteiger partial charge is 0.321 e. The van der Waals surface area contributed by atoms with Crippen LogP contribution in [0.1, 0.15) is 24.8 Å². The zero-order valence-corrected chi connectivity index (χ0v) is 7.85. The number of hydrogen-bond donors (Lipinski definition) is 1. The smallest absolute Gasteiger partial charge is 0.154 e. The van der Waals surface area contributed by atoms with Crippen molar-refractivity contribution < 1.29 is 0 Å². The van der Waals surface area contributed by atoms with Crippen LogP contribution in [-0.2, 0) is 5.54 Å². The molecular weight excluding hydrogens is 176 g/mol. The summed E-state index contributed by atoms with van der Waals surface area (Å²) in [5, 5.41) is 4.15. The van der Waals surface area contributed by atoms with E-state index in [1.165, 1.54) is 6.42 Å². The molecule has 2 N–H and O–H groups in total. The fourth-order valence-electron chi connectivity index (χ4n) is 1.91. The minimum Gasteiger partial charge on any atom is -0.321 e. The molecule has 4 heteroatoms. The molecule has 1 fully saturated rings. The number of nitrogens with zero attached hydrogens (tertiary/aromatic N) is 3. The average Bonchev–Trinajstić information content (AvgIpc) is 2.60. The molecule has 0 atom stereocenters.